The second-order valence-corrected chi connectivity index (χ2v) is 7.22. The SMILES string of the molecule is CC(Cc1nnc(SCc2noc(-c3ccc(F)cc3)n2)o1)c1ccccc1. The van der Waals surface area contributed by atoms with E-state index in [2.05, 4.69) is 39.4 Å². The highest BCUT2D eigenvalue weighted by molar-refractivity contribution is 7.98. The van der Waals surface area contributed by atoms with Crippen LogP contribution in [0.25, 0.3) is 11.5 Å². The van der Waals surface area contributed by atoms with Crippen LogP contribution in [0.4, 0.5) is 4.39 Å². The van der Waals surface area contributed by atoms with Gasteiger partial charge in [0, 0.05) is 12.0 Å². The van der Waals surface area contributed by atoms with Crippen LogP contribution in [0, 0.1) is 5.82 Å². The average Bonchev–Trinajstić information content (AvgIpc) is 3.37. The first-order valence-corrected chi connectivity index (χ1v) is 9.74. The topological polar surface area (TPSA) is 77.8 Å². The molecule has 0 bridgehead atoms. The van der Waals surface area contributed by atoms with Gasteiger partial charge in [-0.05, 0) is 35.7 Å². The fourth-order valence-corrected chi connectivity index (χ4v) is 3.31. The number of halogens is 1. The molecule has 0 radical (unpaired) electrons. The van der Waals surface area contributed by atoms with Crippen molar-refractivity contribution in [1.82, 2.24) is 20.3 Å². The molecule has 0 saturated heterocycles. The molecule has 0 saturated carbocycles. The number of thioether (sulfide) groups is 1. The van der Waals surface area contributed by atoms with Gasteiger partial charge in [0.05, 0.1) is 5.75 Å². The maximum atomic E-state index is 13.0. The van der Waals surface area contributed by atoms with Gasteiger partial charge in [-0.15, -0.1) is 10.2 Å². The quantitative estimate of drug-likeness (QED) is 0.411. The molecule has 0 aliphatic heterocycles. The second kappa shape index (κ2) is 8.35. The summed E-state index contributed by atoms with van der Waals surface area (Å²) in [5.74, 6) is 1.85. The molecule has 0 aliphatic carbocycles. The van der Waals surface area contributed by atoms with Crippen LogP contribution in [0.1, 0.15) is 30.1 Å². The zero-order chi connectivity index (χ0) is 19.3. The zero-order valence-corrected chi connectivity index (χ0v) is 15.9. The summed E-state index contributed by atoms with van der Waals surface area (Å²) < 4.78 is 23.9. The average molecular weight is 396 g/mol. The van der Waals surface area contributed by atoms with Gasteiger partial charge in [0.2, 0.25) is 5.89 Å². The molecule has 1 unspecified atom stereocenters. The molecular formula is C20H17FN4O2S. The van der Waals surface area contributed by atoms with Crippen LogP contribution in [-0.2, 0) is 12.2 Å². The van der Waals surface area contributed by atoms with E-state index in [1.54, 1.807) is 12.1 Å². The molecule has 1 atom stereocenters. The lowest BCUT2D eigenvalue weighted by Gasteiger charge is -2.08. The maximum Gasteiger partial charge on any atom is 0.277 e. The summed E-state index contributed by atoms with van der Waals surface area (Å²) in [5, 5.41) is 12.6. The minimum absolute atomic E-state index is 0.287. The van der Waals surface area contributed by atoms with E-state index in [1.165, 1.54) is 29.5 Å². The summed E-state index contributed by atoms with van der Waals surface area (Å²) in [7, 11) is 0. The molecule has 8 heteroatoms. The lowest BCUT2D eigenvalue weighted by Crippen LogP contribution is -1.98. The van der Waals surface area contributed by atoms with Crippen LogP contribution in [0.3, 0.4) is 0 Å². The fraction of sp³-hybridized carbons (Fsp3) is 0.200. The van der Waals surface area contributed by atoms with Gasteiger partial charge in [-0.3, -0.25) is 0 Å². The standard InChI is InChI=1S/C20H17FN4O2S/c1-13(14-5-3-2-4-6-14)11-18-23-24-20(26-18)28-12-17-22-19(27-25-17)15-7-9-16(21)10-8-15/h2-10,13H,11-12H2,1H3. The molecule has 4 aromatic rings. The molecule has 0 aliphatic rings. The van der Waals surface area contributed by atoms with E-state index in [0.29, 0.717) is 40.6 Å². The lowest BCUT2D eigenvalue weighted by atomic mass is 9.98. The zero-order valence-electron chi connectivity index (χ0n) is 15.1. The molecule has 2 heterocycles. The molecule has 0 N–H and O–H groups in total. The Kier molecular flexibility index (Phi) is 5.48. The van der Waals surface area contributed by atoms with Gasteiger partial charge >= 0.3 is 0 Å². The van der Waals surface area contributed by atoms with Crippen LogP contribution >= 0.6 is 11.8 Å². The van der Waals surface area contributed by atoms with Gasteiger partial charge in [0.25, 0.3) is 11.1 Å². The van der Waals surface area contributed by atoms with E-state index in [4.69, 9.17) is 8.94 Å². The van der Waals surface area contributed by atoms with Gasteiger partial charge in [0.1, 0.15) is 5.82 Å². The highest BCUT2D eigenvalue weighted by Gasteiger charge is 2.14. The number of nitrogens with zero attached hydrogens (tertiary/aromatic N) is 4. The third-order valence-corrected chi connectivity index (χ3v) is 5.00. The second-order valence-electron chi connectivity index (χ2n) is 6.29. The Labute approximate surface area is 165 Å². The third kappa shape index (κ3) is 4.45. The Morgan fingerprint density at radius 2 is 1.82 bits per heavy atom. The van der Waals surface area contributed by atoms with E-state index in [1.807, 2.05) is 18.2 Å². The van der Waals surface area contributed by atoms with E-state index in [9.17, 15) is 4.39 Å². The highest BCUT2D eigenvalue weighted by atomic mass is 32.2. The Morgan fingerprint density at radius 1 is 1.04 bits per heavy atom. The molecule has 142 valence electrons. The first-order valence-electron chi connectivity index (χ1n) is 8.76. The Morgan fingerprint density at radius 3 is 2.61 bits per heavy atom. The smallest absolute Gasteiger partial charge is 0.277 e. The molecular weight excluding hydrogens is 379 g/mol. The summed E-state index contributed by atoms with van der Waals surface area (Å²) in [6, 6.07) is 16.1. The van der Waals surface area contributed by atoms with Crippen molar-refractivity contribution in [3.63, 3.8) is 0 Å². The minimum atomic E-state index is -0.312. The summed E-state index contributed by atoms with van der Waals surface area (Å²) in [6.07, 6.45) is 0.675. The number of hydrogen-bond acceptors (Lipinski definition) is 7. The summed E-state index contributed by atoms with van der Waals surface area (Å²) in [5.41, 5.74) is 1.90. The monoisotopic (exact) mass is 396 g/mol. The van der Waals surface area contributed by atoms with Crippen molar-refractivity contribution in [3.8, 4) is 11.5 Å². The van der Waals surface area contributed by atoms with Crippen LogP contribution < -0.4 is 0 Å². The van der Waals surface area contributed by atoms with Gasteiger partial charge in [0.15, 0.2) is 5.82 Å². The van der Waals surface area contributed by atoms with Gasteiger partial charge < -0.3 is 8.94 Å². The fourth-order valence-electron chi connectivity index (χ4n) is 2.69. The molecule has 2 aromatic heterocycles. The number of aromatic nitrogens is 4. The lowest BCUT2D eigenvalue weighted by molar-refractivity contribution is 0.404. The Hall–Kier alpha value is -3.00. The molecule has 0 spiro atoms. The van der Waals surface area contributed by atoms with Crippen LogP contribution in [0.15, 0.2) is 68.8 Å². The summed E-state index contributed by atoms with van der Waals surface area (Å²) in [4.78, 5) is 4.31. The Bertz CT molecular complexity index is 1030. The molecule has 2 aromatic carbocycles. The predicted octanol–water partition coefficient (Wildman–Crippen LogP) is 4.90. The largest absolute Gasteiger partial charge is 0.416 e. The first kappa shape index (κ1) is 18.4. The van der Waals surface area contributed by atoms with Crippen molar-refractivity contribution in [2.75, 3.05) is 0 Å². The number of benzene rings is 2. The van der Waals surface area contributed by atoms with Gasteiger partial charge in [-0.25, -0.2) is 4.39 Å². The van der Waals surface area contributed by atoms with Crippen molar-refractivity contribution in [3.05, 3.63) is 77.7 Å². The molecule has 6 nitrogen and oxygen atoms in total. The van der Waals surface area contributed by atoms with Crippen molar-refractivity contribution in [2.45, 2.75) is 30.2 Å². The Balaban J connectivity index is 1.34. The van der Waals surface area contributed by atoms with Crippen molar-refractivity contribution < 1.29 is 13.3 Å². The van der Waals surface area contributed by atoms with Gasteiger partial charge in [-0.2, -0.15) is 4.98 Å². The van der Waals surface area contributed by atoms with Crippen LogP contribution in [0.5, 0.6) is 0 Å². The highest BCUT2D eigenvalue weighted by Crippen LogP contribution is 2.25. The third-order valence-electron chi connectivity index (χ3n) is 4.18. The normalized spacial score (nSPS) is 12.2. The van der Waals surface area contributed by atoms with E-state index in [0.717, 1.165) is 0 Å². The first-order chi connectivity index (χ1) is 13.7. The summed E-state index contributed by atoms with van der Waals surface area (Å²) in [6.45, 7) is 2.13. The molecule has 4 rings (SSSR count). The maximum absolute atomic E-state index is 13.0. The molecule has 0 amide bonds. The van der Waals surface area contributed by atoms with Crippen molar-refractivity contribution in [2.24, 2.45) is 0 Å². The van der Waals surface area contributed by atoms with Crippen LogP contribution in [-0.4, -0.2) is 20.3 Å². The van der Waals surface area contributed by atoms with E-state index < -0.39 is 0 Å². The predicted molar refractivity (Wildman–Crippen MR) is 102 cm³/mol. The van der Waals surface area contributed by atoms with E-state index in [-0.39, 0.29) is 11.7 Å². The molecule has 28 heavy (non-hydrogen) atoms. The van der Waals surface area contributed by atoms with Crippen LogP contribution in [0.2, 0.25) is 0 Å². The van der Waals surface area contributed by atoms with Crippen molar-refractivity contribution in [1.29, 1.82) is 0 Å². The van der Waals surface area contributed by atoms with Crippen molar-refractivity contribution >= 4 is 11.8 Å². The number of hydrogen-bond donors (Lipinski definition) is 0. The minimum Gasteiger partial charge on any atom is -0.416 e. The summed E-state index contributed by atoms with van der Waals surface area (Å²) >= 11 is 1.34. The number of rotatable bonds is 7. The van der Waals surface area contributed by atoms with Gasteiger partial charge in [-0.1, -0.05) is 54.2 Å². The molecule has 0 fully saturated rings. The van der Waals surface area contributed by atoms with E-state index >= 15 is 0 Å².